The fourth-order valence-corrected chi connectivity index (χ4v) is 2.78. The summed E-state index contributed by atoms with van der Waals surface area (Å²) >= 11 is 5.99. The van der Waals surface area contributed by atoms with E-state index in [2.05, 4.69) is 10.1 Å². The van der Waals surface area contributed by atoms with Gasteiger partial charge in [-0.1, -0.05) is 11.6 Å². The van der Waals surface area contributed by atoms with Crippen LogP contribution in [-0.2, 0) is 7.05 Å². The fraction of sp³-hybridized carbons (Fsp3) is 0.176. The van der Waals surface area contributed by atoms with Crippen molar-refractivity contribution < 1.29 is 8.78 Å². The molecule has 3 rings (SSSR count). The Morgan fingerprint density at radius 1 is 1.12 bits per heavy atom. The largest absolute Gasteiger partial charge is 0.323 e. The van der Waals surface area contributed by atoms with Crippen molar-refractivity contribution in [1.29, 1.82) is 0 Å². The Labute approximate surface area is 142 Å². The SMILES string of the molecule is C[C@@H](N)c1ncc(-c2cc(Cl)cc(F)c2-c2cnn(C)c2)cc1F. The molecule has 124 valence electrons. The molecule has 1 atom stereocenters. The second-order valence-corrected chi connectivity index (χ2v) is 6.03. The van der Waals surface area contributed by atoms with E-state index >= 15 is 0 Å². The summed E-state index contributed by atoms with van der Waals surface area (Å²) < 4.78 is 30.3. The van der Waals surface area contributed by atoms with Crippen molar-refractivity contribution in [3.8, 4) is 22.3 Å². The Morgan fingerprint density at radius 2 is 1.88 bits per heavy atom. The Bertz CT molecular complexity index is 906. The molecule has 0 radical (unpaired) electrons. The number of aromatic nitrogens is 3. The summed E-state index contributed by atoms with van der Waals surface area (Å²) in [6, 6.07) is 3.55. The molecular weight excluding hydrogens is 334 g/mol. The van der Waals surface area contributed by atoms with Gasteiger partial charge in [-0.15, -0.1) is 0 Å². The third kappa shape index (κ3) is 3.02. The molecule has 0 spiro atoms. The van der Waals surface area contributed by atoms with Gasteiger partial charge in [0.15, 0.2) is 0 Å². The zero-order chi connectivity index (χ0) is 17.4. The highest BCUT2D eigenvalue weighted by Crippen LogP contribution is 2.36. The number of rotatable bonds is 3. The highest BCUT2D eigenvalue weighted by atomic mass is 35.5. The van der Waals surface area contributed by atoms with Gasteiger partial charge in [0.2, 0.25) is 0 Å². The first-order valence-corrected chi connectivity index (χ1v) is 7.64. The molecule has 0 aliphatic rings. The van der Waals surface area contributed by atoms with Crippen molar-refractivity contribution in [2.75, 3.05) is 0 Å². The van der Waals surface area contributed by atoms with E-state index < -0.39 is 17.7 Å². The van der Waals surface area contributed by atoms with Crippen molar-refractivity contribution in [3.05, 3.63) is 59.1 Å². The third-order valence-corrected chi connectivity index (χ3v) is 3.88. The minimum atomic E-state index is -0.542. The van der Waals surface area contributed by atoms with E-state index in [1.165, 1.54) is 24.5 Å². The lowest BCUT2D eigenvalue weighted by Gasteiger charge is -2.12. The molecule has 0 fully saturated rings. The van der Waals surface area contributed by atoms with Crippen LogP contribution in [0.25, 0.3) is 22.3 Å². The number of nitrogens with zero attached hydrogens (tertiary/aromatic N) is 3. The first kappa shape index (κ1) is 16.5. The van der Waals surface area contributed by atoms with Gasteiger partial charge in [-0.3, -0.25) is 9.67 Å². The van der Waals surface area contributed by atoms with Gasteiger partial charge in [-0.25, -0.2) is 8.78 Å². The Morgan fingerprint density at radius 3 is 2.46 bits per heavy atom. The molecule has 3 aromatic rings. The lowest BCUT2D eigenvalue weighted by molar-refractivity contribution is 0.579. The van der Waals surface area contributed by atoms with Crippen LogP contribution in [0.15, 0.2) is 36.8 Å². The number of aryl methyl sites for hydroxylation is 1. The van der Waals surface area contributed by atoms with Crippen LogP contribution in [0.3, 0.4) is 0 Å². The molecule has 0 saturated carbocycles. The smallest absolute Gasteiger partial charge is 0.146 e. The van der Waals surface area contributed by atoms with Crippen LogP contribution in [0, 0.1) is 11.6 Å². The second kappa shape index (κ2) is 6.30. The van der Waals surface area contributed by atoms with Gasteiger partial charge in [0.1, 0.15) is 11.6 Å². The van der Waals surface area contributed by atoms with Crippen LogP contribution in [0.4, 0.5) is 8.78 Å². The summed E-state index contributed by atoms with van der Waals surface area (Å²) in [5.41, 5.74) is 7.55. The minimum Gasteiger partial charge on any atom is -0.323 e. The van der Waals surface area contributed by atoms with E-state index in [1.807, 2.05) is 0 Å². The number of halogens is 3. The summed E-state index contributed by atoms with van der Waals surface area (Å²) in [5, 5.41) is 4.27. The molecule has 2 aromatic heterocycles. The number of pyridine rings is 1. The molecule has 0 bridgehead atoms. The lowest BCUT2D eigenvalue weighted by atomic mass is 9.96. The molecule has 4 nitrogen and oxygen atoms in total. The summed E-state index contributed by atoms with van der Waals surface area (Å²) in [6.45, 7) is 1.64. The average molecular weight is 349 g/mol. The van der Waals surface area contributed by atoms with Gasteiger partial charge in [0, 0.05) is 47.2 Å². The quantitative estimate of drug-likeness (QED) is 0.775. The van der Waals surface area contributed by atoms with E-state index in [0.29, 0.717) is 22.3 Å². The van der Waals surface area contributed by atoms with Gasteiger partial charge >= 0.3 is 0 Å². The summed E-state index contributed by atoms with van der Waals surface area (Å²) in [7, 11) is 1.73. The topological polar surface area (TPSA) is 56.7 Å². The van der Waals surface area contributed by atoms with Crippen molar-refractivity contribution in [2.24, 2.45) is 12.8 Å². The fourth-order valence-electron chi connectivity index (χ4n) is 2.58. The predicted octanol–water partition coefficient (Wildman–Crippen LogP) is 4.10. The number of benzene rings is 1. The predicted molar refractivity (Wildman–Crippen MR) is 89.4 cm³/mol. The van der Waals surface area contributed by atoms with Crippen LogP contribution in [-0.4, -0.2) is 14.8 Å². The Balaban J connectivity index is 2.22. The molecular formula is C17H15ClF2N4. The van der Waals surface area contributed by atoms with Crippen LogP contribution in [0.5, 0.6) is 0 Å². The van der Waals surface area contributed by atoms with E-state index in [0.717, 1.165) is 0 Å². The van der Waals surface area contributed by atoms with Crippen molar-refractivity contribution in [2.45, 2.75) is 13.0 Å². The second-order valence-electron chi connectivity index (χ2n) is 5.59. The molecule has 0 unspecified atom stereocenters. The third-order valence-electron chi connectivity index (χ3n) is 3.66. The molecule has 7 heteroatoms. The molecule has 0 aliphatic heterocycles. The Kier molecular flexibility index (Phi) is 4.34. The van der Waals surface area contributed by atoms with Crippen LogP contribution < -0.4 is 5.73 Å². The molecule has 0 aliphatic carbocycles. The van der Waals surface area contributed by atoms with Crippen LogP contribution in [0.2, 0.25) is 5.02 Å². The summed E-state index contributed by atoms with van der Waals surface area (Å²) in [5.74, 6) is -1.05. The standard InChI is InChI=1S/C17H15ClF2N4/c1-9(21)17-15(20)3-10(6-22-17)13-4-12(18)5-14(19)16(13)11-7-23-24(2)8-11/h3-9H,21H2,1-2H3/t9-/m1/s1. The first-order valence-electron chi connectivity index (χ1n) is 7.26. The minimum absolute atomic E-state index is 0.157. The molecule has 0 saturated heterocycles. The number of hydrogen-bond donors (Lipinski definition) is 1. The van der Waals surface area contributed by atoms with Gasteiger partial charge in [0.25, 0.3) is 0 Å². The van der Waals surface area contributed by atoms with Gasteiger partial charge in [0.05, 0.1) is 11.9 Å². The lowest BCUT2D eigenvalue weighted by Crippen LogP contribution is -2.10. The van der Waals surface area contributed by atoms with Crippen molar-refractivity contribution in [3.63, 3.8) is 0 Å². The molecule has 2 N–H and O–H groups in total. The van der Waals surface area contributed by atoms with Crippen LogP contribution >= 0.6 is 11.6 Å². The molecule has 24 heavy (non-hydrogen) atoms. The highest BCUT2D eigenvalue weighted by molar-refractivity contribution is 6.31. The van der Waals surface area contributed by atoms with E-state index in [4.69, 9.17) is 17.3 Å². The summed E-state index contributed by atoms with van der Waals surface area (Å²) in [6.07, 6.45) is 4.68. The zero-order valence-electron chi connectivity index (χ0n) is 13.1. The number of hydrogen-bond acceptors (Lipinski definition) is 3. The zero-order valence-corrected chi connectivity index (χ0v) is 13.9. The van der Waals surface area contributed by atoms with E-state index in [9.17, 15) is 8.78 Å². The molecule has 1 aromatic carbocycles. The van der Waals surface area contributed by atoms with Gasteiger partial charge < -0.3 is 5.73 Å². The van der Waals surface area contributed by atoms with Gasteiger partial charge in [-0.2, -0.15) is 5.10 Å². The summed E-state index contributed by atoms with van der Waals surface area (Å²) in [4.78, 5) is 4.07. The van der Waals surface area contributed by atoms with E-state index in [-0.39, 0.29) is 10.7 Å². The normalized spacial score (nSPS) is 12.4. The van der Waals surface area contributed by atoms with E-state index in [1.54, 1.807) is 30.9 Å². The maximum absolute atomic E-state index is 14.5. The monoisotopic (exact) mass is 348 g/mol. The first-order chi connectivity index (χ1) is 11.4. The average Bonchev–Trinajstić information content (AvgIpc) is 2.92. The Hall–Kier alpha value is -2.31. The maximum Gasteiger partial charge on any atom is 0.146 e. The van der Waals surface area contributed by atoms with Crippen molar-refractivity contribution >= 4 is 11.6 Å². The molecule has 0 amide bonds. The van der Waals surface area contributed by atoms with Crippen LogP contribution in [0.1, 0.15) is 18.7 Å². The molecule has 2 heterocycles. The maximum atomic E-state index is 14.5. The van der Waals surface area contributed by atoms with Crippen molar-refractivity contribution in [1.82, 2.24) is 14.8 Å². The number of nitrogens with two attached hydrogens (primary N) is 1. The van der Waals surface area contributed by atoms with Gasteiger partial charge in [-0.05, 0) is 30.7 Å². The highest BCUT2D eigenvalue weighted by Gasteiger charge is 2.18.